The molecule has 0 saturated heterocycles. The van der Waals surface area contributed by atoms with Crippen LogP contribution in [-0.4, -0.2) is 21.9 Å². The van der Waals surface area contributed by atoms with E-state index in [0.29, 0.717) is 16.0 Å². The topological polar surface area (TPSA) is 66.9 Å². The van der Waals surface area contributed by atoms with Crippen molar-refractivity contribution in [2.75, 3.05) is 16.4 Å². The fourth-order valence-electron chi connectivity index (χ4n) is 2.27. The summed E-state index contributed by atoms with van der Waals surface area (Å²) in [5.74, 6) is -0.0736. The van der Waals surface area contributed by atoms with E-state index >= 15 is 0 Å². The standard InChI is InChI=1S/C19H19FN4OS2/c1-2-13-5-9-16(10-6-13)22-17(25)12-26-19-24-23-18(27-19)21-11-14-3-7-15(20)8-4-14/h3-10H,2,11-12H2,1H3,(H,21,23)(H,22,25). The molecule has 1 heterocycles. The van der Waals surface area contributed by atoms with E-state index in [1.807, 2.05) is 24.3 Å². The van der Waals surface area contributed by atoms with Crippen LogP contribution in [0.4, 0.5) is 15.2 Å². The maximum atomic E-state index is 12.9. The molecule has 2 aromatic carbocycles. The monoisotopic (exact) mass is 402 g/mol. The average molecular weight is 403 g/mol. The van der Waals surface area contributed by atoms with Crippen LogP contribution in [0.5, 0.6) is 0 Å². The lowest BCUT2D eigenvalue weighted by atomic mass is 10.1. The Balaban J connectivity index is 1.44. The van der Waals surface area contributed by atoms with E-state index in [-0.39, 0.29) is 17.5 Å². The number of nitrogens with one attached hydrogen (secondary N) is 2. The van der Waals surface area contributed by atoms with Crippen molar-refractivity contribution < 1.29 is 9.18 Å². The first-order chi connectivity index (χ1) is 13.1. The summed E-state index contributed by atoms with van der Waals surface area (Å²) in [5.41, 5.74) is 2.97. The van der Waals surface area contributed by atoms with E-state index < -0.39 is 0 Å². The number of hydrogen-bond acceptors (Lipinski definition) is 6. The molecule has 0 aliphatic rings. The molecule has 0 atom stereocenters. The molecule has 1 aromatic heterocycles. The van der Waals surface area contributed by atoms with Crippen molar-refractivity contribution in [3.63, 3.8) is 0 Å². The molecule has 0 radical (unpaired) electrons. The summed E-state index contributed by atoms with van der Waals surface area (Å²) < 4.78 is 13.6. The van der Waals surface area contributed by atoms with Crippen LogP contribution in [-0.2, 0) is 17.8 Å². The lowest BCUT2D eigenvalue weighted by Gasteiger charge is -2.05. The Morgan fingerprint density at radius 1 is 1.07 bits per heavy atom. The minimum absolute atomic E-state index is 0.0831. The van der Waals surface area contributed by atoms with E-state index in [2.05, 4.69) is 27.8 Å². The Morgan fingerprint density at radius 2 is 1.78 bits per heavy atom. The van der Waals surface area contributed by atoms with Crippen molar-refractivity contribution in [3.8, 4) is 0 Å². The zero-order valence-electron chi connectivity index (χ0n) is 14.7. The molecule has 8 heteroatoms. The van der Waals surface area contributed by atoms with Crippen molar-refractivity contribution in [2.24, 2.45) is 0 Å². The van der Waals surface area contributed by atoms with Crippen molar-refractivity contribution in [1.29, 1.82) is 0 Å². The maximum absolute atomic E-state index is 12.9. The largest absolute Gasteiger partial charge is 0.356 e. The summed E-state index contributed by atoms with van der Waals surface area (Å²) in [6.45, 7) is 2.63. The molecule has 5 nitrogen and oxygen atoms in total. The molecule has 1 amide bonds. The number of benzene rings is 2. The van der Waals surface area contributed by atoms with Gasteiger partial charge in [-0.05, 0) is 41.8 Å². The molecule has 0 bridgehead atoms. The number of amides is 1. The number of nitrogens with zero attached hydrogens (tertiary/aromatic N) is 2. The van der Waals surface area contributed by atoms with E-state index in [1.54, 1.807) is 12.1 Å². The van der Waals surface area contributed by atoms with Crippen LogP contribution >= 0.6 is 23.1 Å². The number of rotatable bonds is 8. The van der Waals surface area contributed by atoms with Gasteiger partial charge in [0, 0.05) is 12.2 Å². The van der Waals surface area contributed by atoms with Crippen molar-refractivity contribution in [1.82, 2.24) is 10.2 Å². The Bertz CT molecular complexity index is 881. The molecule has 0 aliphatic carbocycles. The van der Waals surface area contributed by atoms with E-state index in [9.17, 15) is 9.18 Å². The zero-order chi connectivity index (χ0) is 19.1. The van der Waals surface area contributed by atoms with Gasteiger partial charge in [-0.3, -0.25) is 4.79 Å². The van der Waals surface area contributed by atoms with Crippen LogP contribution in [0.1, 0.15) is 18.1 Å². The van der Waals surface area contributed by atoms with Gasteiger partial charge in [-0.1, -0.05) is 54.3 Å². The third kappa shape index (κ3) is 6.04. The van der Waals surface area contributed by atoms with Crippen LogP contribution in [0.25, 0.3) is 0 Å². The highest BCUT2D eigenvalue weighted by Gasteiger charge is 2.09. The number of halogens is 1. The van der Waals surface area contributed by atoms with Gasteiger partial charge >= 0.3 is 0 Å². The minimum atomic E-state index is -0.257. The van der Waals surface area contributed by atoms with E-state index in [1.165, 1.54) is 40.8 Å². The third-order valence-electron chi connectivity index (χ3n) is 3.74. The number of anilines is 2. The van der Waals surface area contributed by atoms with Gasteiger partial charge in [0.25, 0.3) is 0 Å². The van der Waals surface area contributed by atoms with Gasteiger partial charge in [0.05, 0.1) is 5.75 Å². The van der Waals surface area contributed by atoms with Gasteiger partial charge in [0.1, 0.15) is 5.82 Å². The summed E-state index contributed by atoms with van der Waals surface area (Å²) in [6, 6.07) is 14.1. The second-order valence-electron chi connectivity index (χ2n) is 5.74. The number of aryl methyl sites for hydroxylation is 1. The summed E-state index contributed by atoms with van der Waals surface area (Å²) in [5, 5.41) is 14.8. The normalized spacial score (nSPS) is 10.6. The minimum Gasteiger partial charge on any atom is -0.356 e. The van der Waals surface area contributed by atoms with E-state index in [4.69, 9.17) is 0 Å². The van der Waals surface area contributed by atoms with Gasteiger partial charge in [-0.2, -0.15) is 0 Å². The Morgan fingerprint density at radius 3 is 2.48 bits per heavy atom. The molecular weight excluding hydrogens is 383 g/mol. The van der Waals surface area contributed by atoms with Crippen LogP contribution in [0.15, 0.2) is 52.9 Å². The molecule has 3 rings (SSSR count). The van der Waals surface area contributed by atoms with Gasteiger partial charge in [-0.15, -0.1) is 10.2 Å². The van der Waals surface area contributed by atoms with E-state index in [0.717, 1.165) is 17.7 Å². The maximum Gasteiger partial charge on any atom is 0.234 e. The highest BCUT2D eigenvalue weighted by molar-refractivity contribution is 8.01. The van der Waals surface area contributed by atoms with Crippen molar-refractivity contribution >= 4 is 39.8 Å². The highest BCUT2D eigenvalue weighted by atomic mass is 32.2. The summed E-state index contributed by atoms with van der Waals surface area (Å²) in [6.07, 6.45) is 0.971. The van der Waals surface area contributed by atoms with Crippen LogP contribution < -0.4 is 10.6 Å². The highest BCUT2D eigenvalue weighted by Crippen LogP contribution is 2.26. The predicted octanol–water partition coefficient (Wildman–Crippen LogP) is 4.58. The molecular formula is C19H19FN4OS2. The molecule has 0 unspecified atom stereocenters. The van der Waals surface area contributed by atoms with Gasteiger partial charge in [0.15, 0.2) is 4.34 Å². The smallest absolute Gasteiger partial charge is 0.234 e. The molecule has 3 aromatic rings. The number of hydrogen-bond donors (Lipinski definition) is 2. The molecule has 27 heavy (non-hydrogen) atoms. The average Bonchev–Trinajstić information content (AvgIpc) is 3.14. The van der Waals surface area contributed by atoms with Crippen LogP contribution in [0.2, 0.25) is 0 Å². The fraction of sp³-hybridized carbons (Fsp3) is 0.211. The lowest BCUT2D eigenvalue weighted by molar-refractivity contribution is -0.113. The quantitative estimate of drug-likeness (QED) is 0.540. The van der Waals surface area contributed by atoms with Gasteiger partial charge in [-0.25, -0.2) is 4.39 Å². The first-order valence-electron chi connectivity index (χ1n) is 8.46. The summed E-state index contributed by atoms with van der Waals surface area (Å²) >= 11 is 2.73. The van der Waals surface area contributed by atoms with Crippen LogP contribution in [0.3, 0.4) is 0 Å². The number of carbonyl (C=O) groups excluding carboxylic acids is 1. The Labute approximate surface area is 165 Å². The van der Waals surface area contributed by atoms with Gasteiger partial charge < -0.3 is 10.6 Å². The first-order valence-corrected chi connectivity index (χ1v) is 10.3. The van der Waals surface area contributed by atoms with Crippen LogP contribution in [0, 0.1) is 5.82 Å². The SMILES string of the molecule is CCc1ccc(NC(=O)CSc2nnc(NCc3ccc(F)cc3)s2)cc1. The van der Waals surface area contributed by atoms with Crippen molar-refractivity contribution in [3.05, 3.63) is 65.5 Å². The number of carbonyl (C=O) groups is 1. The predicted molar refractivity (Wildman–Crippen MR) is 109 cm³/mol. The molecule has 140 valence electrons. The first kappa shape index (κ1) is 19.3. The van der Waals surface area contributed by atoms with Gasteiger partial charge in [0.2, 0.25) is 11.0 Å². The summed E-state index contributed by atoms with van der Waals surface area (Å²) in [7, 11) is 0. The number of aromatic nitrogens is 2. The number of thioether (sulfide) groups is 1. The molecule has 2 N–H and O–H groups in total. The Hall–Kier alpha value is -2.45. The molecule has 0 aliphatic heterocycles. The molecule has 0 spiro atoms. The summed E-state index contributed by atoms with van der Waals surface area (Å²) in [4.78, 5) is 12.1. The second kappa shape index (κ2) is 9.48. The second-order valence-corrected chi connectivity index (χ2v) is 7.94. The third-order valence-corrected chi connectivity index (χ3v) is 5.75. The van der Waals surface area contributed by atoms with Crippen molar-refractivity contribution in [2.45, 2.75) is 24.2 Å². The Kier molecular flexibility index (Phi) is 6.78. The molecule has 0 fully saturated rings. The molecule has 0 saturated carbocycles. The zero-order valence-corrected chi connectivity index (χ0v) is 16.4. The fourth-order valence-corrected chi connectivity index (χ4v) is 3.82. The lowest BCUT2D eigenvalue weighted by Crippen LogP contribution is -2.13.